The van der Waals surface area contributed by atoms with E-state index >= 15 is 0 Å². The molecule has 3 amide bonds. The average Bonchev–Trinajstić information content (AvgIpc) is 3.03. The Kier molecular flexibility index (Phi) is 6.78. The van der Waals surface area contributed by atoms with Gasteiger partial charge < -0.3 is 5.32 Å². The molecule has 0 bridgehead atoms. The topological polar surface area (TPSA) is 64.7 Å². The number of likely N-dealkylation sites (N-methyl/N-ethyl adjacent to an activating group) is 1. The van der Waals surface area contributed by atoms with Gasteiger partial charge in [0, 0.05) is 31.2 Å². The molecule has 0 aromatic heterocycles. The Morgan fingerprint density at radius 1 is 1.27 bits per heavy atom. The highest BCUT2D eigenvalue weighted by molar-refractivity contribution is 5.97. The molecule has 2 atom stereocenters. The first-order valence-electron chi connectivity index (χ1n) is 9.27. The first-order chi connectivity index (χ1) is 12.2. The molecule has 0 unspecified atom stereocenters. The molecule has 0 spiro atoms. The van der Waals surface area contributed by atoms with Gasteiger partial charge in [0.15, 0.2) is 0 Å². The van der Waals surface area contributed by atoms with Gasteiger partial charge in [-0.2, -0.15) is 0 Å². The first-order valence-corrected chi connectivity index (χ1v) is 9.27. The molecule has 1 aromatic rings. The van der Waals surface area contributed by atoms with Crippen molar-refractivity contribution in [2.45, 2.75) is 58.3 Å². The molecule has 1 saturated heterocycles. The van der Waals surface area contributed by atoms with Crippen LogP contribution in [-0.2, 0) is 11.3 Å². The molecule has 1 aromatic carbocycles. The van der Waals surface area contributed by atoms with Crippen LogP contribution < -0.4 is 10.6 Å². The van der Waals surface area contributed by atoms with E-state index < -0.39 is 6.03 Å². The van der Waals surface area contributed by atoms with Gasteiger partial charge in [0.25, 0.3) is 0 Å². The Morgan fingerprint density at radius 2 is 1.92 bits per heavy atom. The fourth-order valence-corrected chi connectivity index (χ4v) is 3.23. The van der Waals surface area contributed by atoms with E-state index in [0.29, 0.717) is 6.04 Å². The quantitative estimate of drug-likeness (QED) is 0.845. The van der Waals surface area contributed by atoms with Crippen LogP contribution >= 0.6 is 0 Å². The van der Waals surface area contributed by atoms with Gasteiger partial charge in [0.05, 0.1) is 6.04 Å². The van der Waals surface area contributed by atoms with Crippen LogP contribution in [0.4, 0.5) is 4.79 Å². The van der Waals surface area contributed by atoms with Crippen molar-refractivity contribution < 1.29 is 9.59 Å². The third-order valence-corrected chi connectivity index (χ3v) is 4.75. The van der Waals surface area contributed by atoms with Crippen LogP contribution in [0, 0.1) is 0 Å². The third-order valence-electron chi connectivity index (χ3n) is 4.75. The maximum absolute atomic E-state index is 12.4. The summed E-state index contributed by atoms with van der Waals surface area (Å²) in [6, 6.07) is 10.0. The molecule has 144 valence electrons. The lowest BCUT2D eigenvalue weighted by molar-refractivity contribution is -0.124. The van der Waals surface area contributed by atoms with Crippen molar-refractivity contribution in [3.63, 3.8) is 0 Å². The number of nitrogens with zero attached hydrogens (tertiary/aromatic N) is 2. The summed E-state index contributed by atoms with van der Waals surface area (Å²) in [6.45, 7) is 10.1. The van der Waals surface area contributed by atoms with E-state index in [0.717, 1.165) is 26.1 Å². The van der Waals surface area contributed by atoms with Crippen molar-refractivity contribution in [1.82, 2.24) is 20.4 Å². The van der Waals surface area contributed by atoms with Crippen LogP contribution in [0.25, 0.3) is 0 Å². The normalized spacial score (nSPS) is 19.4. The summed E-state index contributed by atoms with van der Waals surface area (Å²) < 4.78 is 0. The first kappa shape index (κ1) is 20.4. The molecule has 6 heteroatoms. The van der Waals surface area contributed by atoms with Crippen molar-refractivity contribution in [3.05, 3.63) is 35.9 Å². The fraction of sp³-hybridized carbons (Fsp3) is 0.600. The fourth-order valence-electron chi connectivity index (χ4n) is 3.23. The maximum atomic E-state index is 12.4. The number of benzene rings is 1. The number of urea groups is 1. The molecule has 0 radical (unpaired) electrons. The van der Waals surface area contributed by atoms with E-state index in [1.54, 1.807) is 0 Å². The minimum Gasteiger partial charge on any atom is -0.333 e. The van der Waals surface area contributed by atoms with Gasteiger partial charge in [-0.25, -0.2) is 4.79 Å². The number of carbonyl (C=O) groups excluding carboxylic acids is 2. The summed E-state index contributed by atoms with van der Waals surface area (Å²) >= 11 is 0. The molecule has 26 heavy (non-hydrogen) atoms. The van der Waals surface area contributed by atoms with Gasteiger partial charge >= 0.3 is 6.03 Å². The summed E-state index contributed by atoms with van der Waals surface area (Å²) in [6.07, 6.45) is 1.02. The number of amides is 3. The highest BCUT2D eigenvalue weighted by atomic mass is 16.2. The molecule has 2 rings (SSSR count). The lowest BCUT2D eigenvalue weighted by Crippen LogP contribution is -2.53. The summed E-state index contributed by atoms with van der Waals surface area (Å²) in [5.74, 6) is -0.252. The predicted octanol–water partition coefficient (Wildman–Crippen LogP) is 2.21. The maximum Gasteiger partial charge on any atom is 0.321 e. The molecular weight excluding hydrogens is 328 g/mol. The lowest BCUT2D eigenvalue weighted by atomic mass is 10.1. The molecular formula is C20H32N4O2. The van der Waals surface area contributed by atoms with E-state index in [-0.39, 0.29) is 17.5 Å². The van der Waals surface area contributed by atoms with Crippen LogP contribution in [0.5, 0.6) is 0 Å². The third kappa shape index (κ3) is 6.11. The van der Waals surface area contributed by atoms with Crippen LogP contribution in [-0.4, -0.2) is 59.5 Å². The SMILES string of the molecule is C[C@H](C(=O)NC(=O)NC(C)(C)C)N1CC[C@H](N(C)Cc2ccccc2)C1. The number of hydrogen-bond donors (Lipinski definition) is 2. The average molecular weight is 361 g/mol. The zero-order valence-electron chi connectivity index (χ0n) is 16.6. The van der Waals surface area contributed by atoms with Crippen LogP contribution in [0.2, 0.25) is 0 Å². The van der Waals surface area contributed by atoms with E-state index in [1.807, 2.05) is 33.8 Å². The van der Waals surface area contributed by atoms with Crippen molar-refractivity contribution in [2.24, 2.45) is 0 Å². The number of carbonyl (C=O) groups is 2. The van der Waals surface area contributed by atoms with Crippen molar-refractivity contribution in [1.29, 1.82) is 0 Å². The van der Waals surface area contributed by atoms with Crippen LogP contribution in [0.1, 0.15) is 39.7 Å². The summed E-state index contributed by atoms with van der Waals surface area (Å²) in [4.78, 5) is 28.7. The Morgan fingerprint density at radius 3 is 2.54 bits per heavy atom. The van der Waals surface area contributed by atoms with Gasteiger partial charge in [-0.3, -0.25) is 19.9 Å². The molecule has 1 heterocycles. The van der Waals surface area contributed by atoms with Crippen molar-refractivity contribution in [2.75, 3.05) is 20.1 Å². The molecule has 6 nitrogen and oxygen atoms in total. The zero-order chi connectivity index (χ0) is 19.3. The Hall–Kier alpha value is -1.92. The number of likely N-dealkylation sites (tertiary alicyclic amines) is 1. The van der Waals surface area contributed by atoms with Gasteiger partial charge in [-0.15, -0.1) is 0 Å². The number of rotatable bonds is 5. The van der Waals surface area contributed by atoms with E-state index in [9.17, 15) is 9.59 Å². The second-order valence-electron chi connectivity index (χ2n) is 8.21. The summed E-state index contributed by atoms with van der Waals surface area (Å²) in [5, 5.41) is 5.20. The van der Waals surface area contributed by atoms with Gasteiger partial charge in [0.2, 0.25) is 5.91 Å². The molecule has 0 aliphatic carbocycles. The Labute approximate surface area is 156 Å². The Balaban J connectivity index is 1.83. The van der Waals surface area contributed by atoms with Crippen LogP contribution in [0.15, 0.2) is 30.3 Å². The van der Waals surface area contributed by atoms with E-state index in [1.165, 1.54) is 5.56 Å². The summed E-state index contributed by atoms with van der Waals surface area (Å²) in [7, 11) is 2.13. The highest BCUT2D eigenvalue weighted by Gasteiger charge is 2.32. The number of hydrogen-bond acceptors (Lipinski definition) is 4. The summed E-state index contributed by atoms with van der Waals surface area (Å²) in [5.41, 5.74) is 0.921. The van der Waals surface area contributed by atoms with Gasteiger partial charge in [0.1, 0.15) is 0 Å². The Bertz CT molecular complexity index is 612. The van der Waals surface area contributed by atoms with E-state index in [4.69, 9.17) is 0 Å². The number of imide groups is 1. The molecule has 0 saturated carbocycles. The smallest absolute Gasteiger partial charge is 0.321 e. The standard InChI is InChI=1S/C20H32N4O2/c1-15(18(25)21-19(26)22-20(2,3)4)24-12-11-17(14-24)23(5)13-16-9-7-6-8-10-16/h6-10,15,17H,11-14H2,1-5H3,(H2,21,22,25,26)/t15-,17+/m1/s1. The van der Waals surface area contributed by atoms with Crippen molar-refractivity contribution >= 4 is 11.9 Å². The highest BCUT2D eigenvalue weighted by Crippen LogP contribution is 2.19. The predicted molar refractivity (Wildman–Crippen MR) is 104 cm³/mol. The minimum atomic E-state index is -0.439. The lowest BCUT2D eigenvalue weighted by Gasteiger charge is -2.27. The van der Waals surface area contributed by atoms with E-state index in [2.05, 4.69) is 51.7 Å². The minimum absolute atomic E-state index is 0.252. The molecule has 1 aliphatic rings. The molecule has 2 N–H and O–H groups in total. The zero-order valence-corrected chi connectivity index (χ0v) is 16.6. The largest absolute Gasteiger partial charge is 0.333 e. The van der Waals surface area contributed by atoms with Crippen LogP contribution in [0.3, 0.4) is 0 Å². The van der Waals surface area contributed by atoms with Gasteiger partial charge in [-0.1, -0.05) is 30.3 Å². The van der Waals surface area contributed by atoms with Crippen molar-refractivity contribution in [3.8, 4) is 0 Å². The number of nitrogens with one attached hydrogen (secondary N) is 2. The molecule has 1 aliphatic heterocycles. The second kappa shape index (κ2) is 8.64. The monoisotopic (exact) mass is 360 g/mol. The second-order valence-corrected chi connectivity index (χ2v) is 8.21. The van der Waals surface area contributed by atoms with Gasteiger partial charge in [-0.05, 0) is 46.7 Å². The molecule has 1 fully saturated rings.